The molecule has 3 amide bonds. The maximum atomic E-state index is 12.2. The highest BCUT2D eigenvalue weighted by Gasteiger charge is 2.50. The molecule has 2 aliphatic rings. The lowest BCUT2D eigenvalue weighted by atomic mass is 9.91. The maximum Gasteiger partial charge on any atom is 0.325 e. The van der Waals surface area contributed by atoms with Gasteiger partial charge in [0.05, 0.1) is 0 Å². The summed E-state index contributed by atoms with van der Waals surface area (Å²) in [6, 6.07) is 8.13. The van der Waals surface area contributed by atoms with E-state index in [2.05, 4.69) is 23.5 Å². The molecule has 1 aromatic rings. The molecule has 3 rings (SSSR count). The number of carbonyl (C=O) groups is 2. The number of benzene rings is 1. The first-order valence-corrected chi connectivity index (χ1v) is 8.36. The molecule has 0 spiro atoms. The van der Waals surface area contributed by atoms with E-state index < -0.39 is 5.54 Å². The highest BCUT2D eigenvalue weighted by Crippen LogP contribution is 2.39. The van der Waals surface area contributed by atoms with Crippen LogP contribution < -0.4 is 5.32 Å². The molecule has 1 N–H and O–H groups in total. The van der Waals surface area contributed by atoms with Crippen molar-refractivity contribution in [2.75, 3.05) is 6.54 Å². The van der Waals surface area contributed by atoms with Gasteiger partial charge in [-0.1, -0.05) is 32.0 Å². The predicted octanol–water partition coefficient (Wildman–Crippen LogP) is 2.81. The van der Waals surface area contributed by atoms with Crippen molar-refractivity contribution in [2.24, 2.45) is 0 Å². The summed E-state index contributed by atoms with van der Waals surface area (Å²) in [6.45, 7) is 4.58. The number of thioether (sulfide) groups is 1. The van der Waals surface area contributed by atoms with Crippen LogP contribution in [-0.4, -0.2) is 34.2 Å². The molecule has 0 radical (unpaired) electrons. The van der Waals surface area contributed by atoms with Crippen molar-refractivity contribution >= 4 is 23.7 Å². The summed E-state index contributed by atoms with van der Waals surface area (Å²) in [5, 5.41) is 2.82. The maximum absolute atomic E-state index is 12.2. The summed E-state index contributed by atoms with van der Waals surface area (Å²) < 4.78 is 0. The summed E-state index contributed by atoms with van der Waals surface area (Å²) in [7, 11) is 0. The predicted molar refractivity (Wildman–Crippen MR) is 83.3 cm³/mol. The molecule has 112 valence electrons. The van der Waals surface area contributed by atoms with E-state index in [0.717, 1.165) is 6.42 Å². The van der Waals surface area contributed by atoms with Crippen LogP contribution in [-0.2, 0) is 11.2 Å². The summed E-state index contributed by atoms with van der Waals surface area (Å²) in [5.41, 5.74) is 0.684. The molecular weight excluding hydrogens is 284 g/mol. The van der Waals surface area contributed by atoms with Gasteiger partial charge in [-0.15, -0.1) is 11.8 Å². The molecule has 2 heterocycles. The first-order valence-electron chi connectivity index (χ1n) is 7.48. The second-order valence-electron chi connectivity index (χ2n) is 5.66. The molecule has 4 nitrogen and oxygen atoms in total. The number of imide groups is 1. The van der Waals surface area contributed by atoms with Crippen LogP contribution in [0.2, 0.25) is 0 Å². The van der Waals surface area contributed by atoms with Crippen molar-refractivity contribution in [3.63, 3.8) is 0 Å². The average molecular weight is 304 g/mol. The lowest BCUT2D eigenvalue weighted by molar-refractivity contribution is -0.127. The Morgan fingerprint density at radius 1 is 1.29 bits per heavy atom. The fraction of sp³-hybridized carbons (Fsp3) is 0.500. The van der Waals surface area contributed by atoms with Gasteiger partial charge in [0.25, 0.3) is 5.91 Å². The number of rotatable bonds is 4. The van der Waals surface area contributed by atoms with Crippen LogP contribution in [0.3, 0.4) is 0 Å². The van der Waals surface area contributed by atoms with Gasteiger partial charge < -0.3 is 4.90 Å². The van der Waals surface area contributed by atoms with Crippen molar-refractivity contribution in [2.45, 2.75) is 48.8 Å². The molecule has 1 fully saturated rings. The normalized spacial score (nSPS) is 23.3. The van der Waals surface area contributed by atoms with E-state index in [9.17, 15) is 9.59 Å². The van der Waals surface area contributed by atoms with Crippen LogP contribution in [0.15, 0.2) is 29.2 Å². The van der Waals surface area contributed by atoms with Gasteiger partial charge in [-0.05, 0) is 30.9 Å². The van der Waals surface area contributed by atoms with Gasteiger partial charge in [0.15, 0.2) is 0 Å². The Labute approximate surface area is 129 Å². The van der Waals surface area contributed by atoms with Gasteiger partial charge in [-0.25, -0.2) is 4.79 Å². The molecule has 0 aromatic heterocycles. The minimum Gasteiger partial charge on any atom is -0.309 e. The SMILES string of the molecule is CCC1(CC)C(=O)NC(=O)N1CC1Cc2ccccc2S1. The Bertz CT molecular complexity index is 558. The van der Waals surface area contributed by atoms with Gasteiger partial charge >= 0.3 is 6.03 Å². The van der Waals surface area contributed by atoms with E-state index in [4.69, 9.17) is 0 Å². The molecule has 0 saturated carbocycles. The highest BCUT2D eigenvalue weighted by atomic mass is 32.2. The fourth-order valence-electron chi connectivity index (χ4n) is 3.37. The Kier molecular flexibility index (Phi) is 3.69. The Morgan fingerprint density at radius 3 is 2.67 bits per heavy atom. The zero-order valence-electron chi connectivity index (χ0n) is 12.4. The lowest BCUT2D eigenvalue weighted by Crippen LogP contribution is -2.50. The number of urea groups is 1. The minimum atomic E-state index is -0.660. The number of carbonyl (C=O) groups excluding carboxylic acids is 2. The summed E-state index contributed by atoms with van der Waals surface area (Å²) in [5.74, 6) is -0.141. The second-order valence-corrected chi connectivity index (χ2v) is 7.00. The van der Waals surface area contributed by atoms with E-state index in [0.29, 0.717) is 24.6 Å². The lowest BCUT2D eigenvalue weighted by Gasteiger charge is -2.35. The van der Waals surface area contributed by atoms with Crippen molar-refractivity contribution in [3.05, 3.63) is 29.8 Å². The van der Waals surface area contributed by atoms with E-state index in [-0.39, 0.29) is 11.9 Å². The summed E-state index contributed by atoms with van der Waals surface area (Å²) in [6.07, 6.45) is 2.28. The van der Waals surface area contributed by atoms with Gasteiger partial charge in [0.1, 0.15) is 5.54 Å². The first-order chi connectivity index (χ1) is 10.1. The van der Waals surface area contributed by atoms with Crippen LogP contribution in [0.5, 0.6) is 0 Å². The van der Waals surface area contributed by atoms with E-state index >= 15 is 0 Å². The average Bonchev–Trinajstić information content (AvgIpc) is 2.99. The third kappa shape index (κ3) is 2.24. The van der Waals surface area contributed by atoms with Crippen molar-refractivity contribution < 1.29 is 9.59 Å². The number of nitrogens with zero attached hydrogens (tertiary/aromatic N) is 1. The zero-order chi connectivity index (χ0) is 15.0. The van der Waals surface area contributed by atoms with Gasteiger partial charge in [0.2, 0.25) is 0 Å². The van der Waals surface area contributed by atoms with Crippen LogP contribution in [0.4, 0.5) is 4.79 Å². The molecule has 1 aromatic carbocycles. The minimum absolute atomic E-state index is 0.141. The van der Waals surface area contributed by atoms with Gasteiger partial charge in [-0.3, -0.25) is 10.1 Å². The number of hydrogen-bond acceptors (Lipinski definition) is 3. The molecule has 1 saturated heterocycles. The first kappa shape index (κ1) is 14.4. The second kappa shape index (κ2) is 5.37. The topological polar surface area (TPSA) is 49.4 Å². The summed E-state index contributed by atoms with van der Waals surface area (Å²) in [4.78, 5) is 27.4. The fourth-order valence-corrected chi connectivity index (χ4v) is 4.67. The quantitative estimate of drug-likeness (QED) is 0.870. The number of fused-ring (bicyclic) bond motifs is 1. The number of amides is 3. The monoisotopic (exact) mass is 304 g/mol. The molecular formula is C16H20N2O2S. The largest absolute Gasteiger partial charge is 0.325 e. The van der Waals surface area contributed by atoms with Crippen LogP contribution in [0, 0.1) is 0 Å². The third-order valence-electron chi connectivity index (χ3n) is 4.67. The van der Waals surface area contributed by atoms with Crippen LogP contribution in [0.25, 0.3) is 0 Å². The molecule has 1 unspecified atom stereocenters. The van der Waals surface area contributed by atoms with Crippen molar-refractivity contribution in [1.82, 2.24) is 10.2 Å². The zero-order valence-corrected chi connectivity index (χ0v) is 13.2. The van der Waals surface area contributed by atoms with Crippen LogP contribution >= 0.6 is 11.8 Å². The Balaban J connectivity index is 1.79. The van der Waals surface area contributed by atoms with E-state index in [1.165, 1.54) is 10.5 Å². The standard InChI is InChI=1S/C16H20N2O2S/c1-3-16(4-2)14(19)17-15(20)18(16)10-12-9-11-7-5-6-8-13(11)21-12/h5-8,12H,3-4,9-10H2,1-2H3,(H,17,19,20). The van der Waals surface area contributed by atoms with E-state index in [1.807, 2.05) is 31.7 Å². The highest BCUT2D eigenvalue weighted by molar-refractivity contribution is 8.00. The van der Waals surface area contributed by atoms with Gasteiger partial charge in [-0.2, -0.15) is 0 Å². The van der Waals surface area contributed by atoms with Crippen molar-refractivity contribution in [1.29, 1.82) is 0 Å². The number of hydrogen-bond donors (Lipinski definition) is 1. The third-order valence-corrected chi connectivity index (χ3v) is 5.98. The van der Waals surface area contributed by atoms with Gasteiger partial charge in [0, 0.05) is 16.7 Å². The molecule has 1 atom stereocenters. The summed E-state index contributed by atoms with van der Waals surface area (Å²) >= 11 is 1.82. The Hall–Kier alpha value is -1.49. The molecule has 0 aliphatic carbocycles. The smallest absolute Gasteiger partial charge is 0.309 e. The van der Waals surface area contributed by atoms with Crippen molar-refractivity contribution in [3.8, 4) is 0 Å². The van der Waals surface area contributed by atoms with E-state index in [1.54, 1.807) is 4.90 Å². The number of nitrogens with one attached hydrogen (secondary N) is 1. The van der Waals surface area contributed by atoms with Crippen LogP contribution in [0.1, 0.15) is 32.3 Å². The molecule has 0 bridgehead atoms. The Morgan fingerprint density at radius 2 is 2.00 bits per heavy atom. The molecule has 2 aliphatic heterocycles. The molecule has 5 heteroatoms. The molecule has 21 heavy (non-hydrogen) atoms.